The number of nitrogens with zero attached hydrogens (tertiary/aromatic N) is 2. The first-order chi connectivity index (χ1) is 23.2. The van der Waals surface area contributed by atoms with Crippen LogP contribution in [0.15, 0.2) is 12.2 Å². The van der Waals surface area contributed by atoms with Crippen molar-refractivity contribution in [2.75, 3.05) is 20.7 Å². The summed E-state index contributed by atoms with van der Waals surface area (Å²) in [6.07, 6.45) is 1.96. The zero-order valence-corrected chi connectivity index (χ0v) is 34.3. The smallest absolute Gasteiger partial charge is 0.159 e. The van der Waals surface area contributed by atoms with Crippen molar-refractivity contribution in [3.8, 4) is 6.07 Å². The minimum atomic E-state index is -1.26. The Kier molecular flexibility index (Phi) is 17.9. The second kappa shape index (κ2) is 19.8. The third-order valence-electron chi connectivity index (χ3n) is 11.8. The van der Waals surface area contributed by atoms with E-state index in [0.29, 0.717) is 50.7 Å². The van der Waals surface area contributed by atoms with E-state index in [9.17, 15) is 15.5 Å². The molecule has 0 amide bonds. The fourth-order valence-corrected chi connectivity index (χ4v) is 8.33. The van der Waals surface area contributed by atoms with Crippen LogP contribution in [0.1, 0.15) is 128 Å². The van der Waals surface area contributed by atoms with Gasteiger partial charge in [-0.2, -0.15) is 5.26 Å². The van der Waals surface area contributed by atoms with E-state index in [2.05, 4.69) is 73.2 Å². The maximum atomic E-state index is 11.2. The van der Waals surface area contributed by atoms with E-state index in [1.165, 1.54) is 0 Å². The molecule has 2 saturated heterocycles. The minimum absolute atomic E-state index is 0.0127. The van der Waals surface area contributed by atoms with Crippen molar-refractivity contribution in [1.29, 1.82) is 5.26 Å². The number of rotatable bonds is 20. The number of aliphatic hydroxyl groups excluding tert-OH is 1. The van der Waals surface area contributed by atoms with Crippen molar-refractivity contribution in [3.63, 3.8) is 0 Å². The molecule has 2 aliphatic rings. The summed E-state index contributed by atoms with van der Waals surface area (Å²) in [6.45, 7) is 29.6. The van der Waals surface area contributed by atoms with E-state index in [-0.39, 0.29) is 42.0 Å². The Morgan fingerprint density at radius 3 is 2.14 bits per heavy atom. The molecule has 9 nitrogen and oxygen atoms in total. The van der Waals surface area contributed by atoms with Gasteiger partial charge in [0.2, 0.25) is 0 Å². The molecular weight excluding hydrogens is 632 g/mol. The highest BCUT2D eigenvalue weighted by Gasteiger charge is 2.48. The summed E-state index contributed by atoms with van der Waals surface area (Å²) in [5, 5.41) is 32.8. The van der Waals surface area contributed by atoms with Gasteiger partial charge in [-0.15, -0.1) is 0 Å². The molecule has 0 radical (unpaired) electrons. The second-order valence-corrected chi connectivity index (χ2v) is 17.1. The van der Waals surface area contributed by atoms with Gasteiger partial charge in [0.15, 0.2) is 12.6 Å². The molecule has 2 aliphatic heterocycles. The van der Waals surface area contributed by atoms with Crippen LogP contribution in [-0.4, -0.2) is 96.7 Å². The van der Waals surface area contributed by atoms with Crippen LogP contribution < -0.4 is 0 Å². The van der Waals surface area contributed by atoms with E-state index in [0.717, 1.165) is 18.4 Å². The molecule has 2 rings (SSSR count). The maximum absolute atomic E-state index is 11.2. The van der Waals surface area contributed by atoms with Crippen molar-refractivity contribution in [2.45, 2.75) is 189 Å². The van der Waals surface area contributed by atoms with Gasteiger partial charge in [-0.3, -0.25) is 0 Å². The summed E-state index contributed by atoms with van der Waals surface area (Å²) in [7, 11) is 4.19. The molecule has 7 unspecified atom stereocenters. The zero-order valence-electron chi connectivity index (χ0n) is 34.3. The van der Waals surface area contributed by atoms with Crippen molar-refractivity contribution in [3.05, 3.63) is 12.2 Å². The van der Waals surface area contributed by atoms with Crippen molar-refractivity contribution < 1.29 is 33.9 Å². The lowest BCUT2D eigenvalue weighted by Gasteiger charge is -2.47. The maximum Gasteiger partial charge on any atom is 0.159 e. The normalized spacial score (nSPS) is 32.3. The summed E-state index contributed by atoms with van der Waals surface area (Å²) in [5.41, 5.74) is -1.17. The Balaban J connectivity index is 2.55. The van der Waals surface area contributed by atoms with Crippen molar-refractivity contribution in [2.24, 2.45) is 35.0 Å². The molecule has 0 spiro atoms. The molecule has 0 bridgehead atoms. The Labute approximate surface area is 306 Å². The highest BCUT2D eigenvalue weighted by Crippen LogP contribution is 2.43. The first-order valence-corrected chi connectivity index (χ1v) is 19.6. The summed E-state index contributed by atoms with van der Waals surface area (Å²) < 4.78 is 33.1. The van der Waals surface area contributed by atoms with E-state index in [1.54, 1.807) is 6.92 Å². The molecule has 9 heteroatoms. The SMILES string of the molecule is C=C(CC[C@@](C)(O)C(O)C(C)C)C(C)[C@@H](O[C@H]1CC(C)[C@@H](OCC)C(C)O1)[C@H](C)[C@@H](OC1CC(N(C)C)CC(C)O1)[C@](C)(C#N)C[C@@H](C)CC. The molecule has 15 atom stereocenters. The third-order valence-corrected chi connectivity index (χ3v) is 11.8. The lowest BCUT2D eigenvalue weighted by Crippen LogP contribution is -2.53. The lowest BCUT2D eigenvalue weighted by atomic mass is 9.70. The molecule has 0 aromatic heterocycles. The predicted molar refractivity (Wildman–Crippen MR) is 200 cm³/mol. The van der Waals surface area contributed by atoms with Crippen LogP contribution in [0.25, 0.3) is 0 Å². The topological polar surface area (TPSA) is 114 Å². The summed E-state index contributed by atoms with van der Waals surface area (Å²) in [4.78, 5) is 2.23. The first kappa shape index (κ1) is 45.1. The number of hydrogen-bond acceptors (Lipinski definition) is 9. The average Bonchev–Trinajstić information content (AvgIpc) is 3.05. The van der Waals surface area contributed by atoms with Crippen molar-refractivity contribution in [1.82, 2.24) is 4.90 Å². The quantitative estimate of drug-likeness (QED) is 0.123. The molecule has 2 N–H and O–H groups in total. The molecular formula is C41H76N2O7. The molecule has 50 heavy (non-hydrogen) atoms. The fourth-order valence-electron chi connectivity index (χ4n) is 8.33. The summed E-state index contributed by atoms with van der Waals surface area (Å²) in [6, 6.07) is 3.02. The molecule has 2 fully saturated rings. The van der Waals surface area contributed by atoms with Gasteiger partial charge in [0.05, 0.1) is 53.7 Å². The van der Waals surface area contributed by atoms with Crippen LogP contribution >= 0.6 is 0 Å². The second-order valence-electron chi connectivity index (χ2n) is 17.1. The Bertz CT molecular complexity index is 1050. The van der Waals surface area contributed by atoms with Crippen LogP contribution in [0, 0.1) is 46.3 Å². The van der Waals surface area contributed by atoms with E-state index >= 15 is 0 Å². The molecule has 0 aromatic rings. The minimum Gasteiger partial charge on any atom is -0.390 e. The molecule has 2 heterocycles. The van der Waals surface area contributed by atoms with Crippen LogP contribution in [-0.2, 0) is 23.7 Å². The summed E-state index contributed by atoms with van der Waals surface area (Å²) >= 11 is 0. The van der Waals surface area contributed by atoms with Gasteiger partial charge >= 0.3 is 0 Å². The largest absolute Gasteiger partial charge is 0.390 e. The standard InChI is InChI=1S/C41H76N2O7/c1-16-26(5)23-40(12,24-42)39(50-35-22-33(43(14)15)21-29(8)47-35)31(10)37(49-34-20-28(7)36(46-17-2)32(11)48-34)30(9)27(6)18-19-41(13,45)38(44)25(3)4/h25-26,28-39,44-45H,6,16-23H2,1-5,7-15H3/t26-,28?,29?,30?,31-,32?,33?,34-,35?,36+,37+,38?,39+,40-,41+/m0/s1. The molecule has 0 saturated carbocycles. The predicted octanol–water partition coefficient (Wildman–Crippen LogP) is 7.73. The fraction of sp³-hybridized carbons (Fsp3) is 0.927. The van der Waals surface area contributed by atoms with Crippen LogP contribution in [0.5, 0.6) is 0 Å². The molecule has 0 aromatic carbocycles. The number of hydrogen-bond donors (Lipinski definition) is 2. The van der Waals surface area contributed by atoms with Gasteiger partial charge in [-0.25, -0.2) is 0 Å². The number of ether oxygens (including phenoxy) is 5. The zero-order chi connectivity index (χ0) is 38.1. The average molecular weight is 709 g/mol. The van der Waals surface area contributed by atoms with Crippen LogP contribution in [0.4, 0.5) is 0 Å². The highest BCUT2D eigenvalue weighted by atomic mass is 16.7. The van der Waals surface area contributed by atoms with E-state index in [4.69, 9.17) is 23.7 Å². The van der Waals surface area contributed by atoms with Gasteiger partial charge < -0.3 is 38.8 Å². The van der Waals surface area contributed by atoms with Crippen molar-refractivity contribution >= 4 is 0 Å². The van der Waals surface area contributed by atoms with Crippen LogP contribution in [0.3, 0.4) is 0 Å². The Morgan fingerprint density at radius 1 is 1.00 bits per heavy atom. The lowest BCUT2D eigenvalue weighted by molar-refractivity contribution is -0.283. The Morgan fingerprint density at radius 2 is 1.62 bits per heavy atom. The summed E-state index contributed by atoms with van der Waals surface area (Å²) in [5.74, 6) is 0.0409. The highest BCUT2D eigenvalue weighted by molar-refractivity contribution is 5.10. The molecule has 0 aliphatic carbocycles. The van der Waals surface area contributed by atoms with E-state index in [1.807, 2.05) is 34.6 Å². The third kappa shape index (κ3) is 12.2. The van der Waals surface area contributed by atoms with Crippen LogP contribution in [0.2, 0.25) is 0 Å². The van der Waals surface area contributed by atoms with Gasteiger partial charge in [0.1, 0.15) is 0 Å². The number of nitriles is 1. The Hall–Kier alpha value is -1.09. The van der Waals surface area contributed by atoms with E-state index < -0.39 is 41.9 Å². The van der Waals surface area contributed by atoms with Gasteiger partial charge in [-0.05, 0) is 92.2 Å². The van der Waals surface area contributed by atoms with Gasteiger partial charge in [0, 0.05) is 37.3 Å². The molecule has 292 valence electrons. The van der Waals surface area contributed by atoms with Gasteiger partial charge in [0.25, 0.3) is 0 Å². The number of aliphatic hydroxyl groups is 2. The monoisotopic (exact) mass is 709 g/mol. The van der Waals surface area contributed by atoms with Gasteiger partial charge in [-0.1, -0.05) is 67.0 Å². The first-order valence-electron chi connectivity index (χ1n) is 19.6.